The fourth-order valence-corrected chi connectivity index (χ4v) is 3.91. The monoisotopic (exact) mass is 348 g/mol. The van der Waals surface area contributed by atoms with Crippen LogP contribution in [0.3, 0.4) is 0 Å². The highest BCUT2D eigenvalue weighted by Gasteiger charge is 2.17. The summed E-state index contributed by atoms with van der Waals surface area (Å²) in [6.45, 7) is 5.24. The van der Waals surface area contributed by atoms with Gasteiger partial charge in [-0.05, 0) is 80.2 Å². The highest BCUT2D eigenvalue weighted by atomic mass is 19.1. The van der Waals surface area contributed by atoms with Crippen molar-refractivity contribution in [1.82, 2.24) is 9.47 Å². The highest BCUT2D eigenvalue weighted by Crippen LogP contribution is 2.32. The molecule has 2 nitrogen and oxygen atoms in total. The molecule has 0 saturated carbocycles. The van der Waals surface area contributed by atoms with Crippen LogP contribution in [0.25, 0.3) is 23.2 Å². The van der Waals surface area contributed by atoms with Crippen LogP contribution in [-0.2, 0) is 6.42 Å². The predicted octanol–water partition coefficient (Wildman–Crippen LogP) is 5.84. The van der Waals surface area contributed by atoms with Crippen molar-refractivity contribution in [2.24, 2.45) is 0 Å². The fraction of sp³-hybridized carbons (Fsp3) is 0.304. The second kappa shape index (κ2) is 6.64. The molecule has 1 aliphatic carbocycles. The van der Waals surface area contributed by atoms with Crippen molar-refractivity contribution in [1.29, 1.82) is 0 Å². The molecule has 0 N–H and O–H groups in total. The number of likely N-dealkylation sites (N-methyl/N-ethyl adjacent to an activating group) is 1. The molecule has 1 aromatic carbocycles. The molecule has 0 bridgehead atoms. The van der Waals surface area contributed by atoms with Crippen molar-refractivity contribution >= 4 is 23.2 Å². The number of hydrogen-bond acceptors (Lipinski definition) is 1. The minimum absolute atomic E-state index is 0.118. The Labute approximate surface area is 154 Å². The zero-order valence-corrected chi connectivity index (χ0v) is 15.7. The van der Waals surface area contributed by atoms with Gasteiger partial charge in [0.05, 0.1) is 11.2 Å². The van der Waals surface area contributed by atoms with E-state index in [1.165, 1.54) is 27.7 Å². The maximum atomic E-state index is 13.7. The molecule has 1 aromatic heterocycles. The first-order chi connectivity index (χ1) is 12.5. The molecule has 26 heavy (non-hydrogen) atoms. The fourth-order valence-electron chi connectivity index (χ4n) is 3.91. The zero-order chi connectivity index (χ0) is 18.3. The van der Waals surface area contributed by atoms with Crippen LogP contribution in [0.2, 0.25) is 0 Å². The summed E-state index contributed by atoms with van der Waals surface area (Å²) >= 11 is 0. The van der Waals surface area contributed by atoms with Gasteiger partial charge in [-0.2, -0.15) is 0 Å². The Balaban J connectivity index is 1.90. The molecule has 3 heteroatoms. The first kappa shape index (κ1) is 16.9. The molecule has 0 amide bonds. The van der Waals surface area contributed by atoms with Crippen LogP contribution in [0.1, 0.15) is 36.6 Å². The van der Waals surface area contributed by atoms with Gasteiger partial charge in [0.15, 0.2) is 0 Å². The van der Waals surface area contributed by atoms with E-state index in [-0.39, 0.29) is 5.83 Å². The molecular weight excluding hydrogens is 323 g/mol. The lowest BCUT2D eigenvalue weighted by Gasteiger charge is -2.12. The van der Waals surface area contributed by atoms with Crippen molar-refractivity contribution in [2.75, 3.05) is 13.6 Å². The van der Waals surface area contributed by atoms with Crippen LogP contribution in [0, 0.1) is 6.92 Å². The number of rotatable bonds is 2. The summed E-state index contributed by atoms with van der Waals surface area (Å²) < 4.78 is 16.0. The lowest BCUT2D eigenvalue weighted by Crippen LogP contribution is -2.12. The summed E-state index contributed by atoms with van der Waals surface area (Å²) in [7, 11) is 2.11. The van der Waals surface area contributed by atoms with Gasteiger partial charge in [0.2, 0.25) is 0 Å². The summed E-state index contributed by atoms with van der Waals surface area (Å²) in [6.07, 6.45) is 12.6. The zero-order valence-electron chi connectivity index (χ0n) is 15.7. The quantitative estimate of drug-likeness (QED) is 0.661. The topological polar surface area (TPSA) is 8.17 Å². The van der Waals surface area contributed by atoms with Crippen LogP contribution in [0.15, 0.2) is 53.5 Å². The number of fused-ring (bicyclic) bond motifs is 3. The van der Waals surface area contributed by atoms with E-state index >= 15 is 0 Å². The molecule has 2 aromatic rings. The van der Waals surface area contributed by atoms with Crippen molar-refractivity contribution in [3.63, 3.8) is 0 Å². The largest absolute Gasteiger partial charge is 0.380 e. The summed E-state index contributed by atoms with van der Waals surface area (Å²) in [6, 6.07) is 6.66. The van der Waals surface area contributed by atoms with Crippen molar-refractivity contribution in [3.8, 4) is 0 Å². The van der Waals surface area contributed by atoms with Crippen molar-refractivity contribution < 1.29 is 4.39 Å². The number of hydrogen-bond donors (Lipinski definition) is 0. The molecule has 134 valence electrons. The lowest BCUT2D eigenvalue weighted by molar-refractivity contribution is 0.467. The van der Waals surface area contributed by atoms with Gasteiger partial charge in [0.25, 0.3) is 0 Å². The standard InChI is InChI=1S/C23H25FN2/c1-16-7-8-22-21(13-16)20-9-11-25(3)12-10-23(20)26(22)15-17(2)18-5-4-6-19(24)14-18/h6-8,10,12-15H,4-5,9,11H2,1-3H3/b17-15-. The summed E-state index contributed by atoms with van der Waals surface area (Å²) in [4.78, 5) is 2.23. The molecule has 0 unspecified atom stereocenters. The van der Waals surface area contributed by atoms with Crippen LogP contribution in [-0.4, -0.2) is 23.1 Å². The Morgan fingerprint density at radius 3 is 2.88 bits per heavy atom. The van der Waals surface area contributed by atoms with Crippen LogP contribution in [0.4, 0.5) is 4.39 Å². The van der Waals surface area contributed by atoms with E-state index in [1.54, 1.807) is 12.2 Å². The van der Waals surface area contributed by atoms with E-state index in [0.29, 0.717) is 0 Å². The smallest absolute Gasteiger partial charge is 0.119 e. The third-order valence-electron chi connectivity index (χ3n) is 5.40. The van der Waals surface area contributed by atoms with Crippen LogP contribution in [0.5, 0.6) is 0 Å². The van der Waals surface area contributed by atoms with Crippen molar-refractivity contribution in [2.45, 2.75) is 33.1 Å². The first-order valence-corrected chi connectivity index (χ1v) is 9.30. The number of aryl methyl sites for hydroxylation is 1. The maximum absolute atomic E-state index is 13.7. The number of benzene rings is 1. The molecule has 2 aliphatic rings. The van der Waals surface area contributed by atoms with E-state index in [2.05, 4.69) is 67.0 Å². The van der Waals surface area contributed by atoms with Crippen LogP contribution >= 0.6 is 0 Å². The van der Waals surface area contributed by atoms with Gasteiger partial charge in [0, 0.05) is 31.4 Å². The van der Waals surface area contributed by atoms with Gasteiger partial charge in [-0.3, -0.25) is 0 Å². The van der Waals surface area contributed by atoms with E-state index in [0.717, 1.165) is 37.0 Å². The summed E-state index contributed by atoms with van der Waals surface area (Å²) in [5, 5.41) is 1.33. The molecule has 2 heterocycles. The summed E-state index contributed by atoms with van der Waals surface area (Å²) in [5.41, 5.74) is 7.35. The van der Waals surface area contributed by atoms with Gasteiger partial charge >= 0.3 is 0 Å². The number of allylic oxidation sites excluding steroid dienone is 5. The Kier molecular flexibility index (Phi) is 4.31. The summed E-state index contributed by atoms with van der Waals surface area (Å²) in [5.74, 6) is -0.118. The molecule has 1 aliphatic heterocycles. The van der Waals surface area contributed by atoms with E-state index in [1.807, 2.05) is 0 Å². The van der Waals surface area contributed by atoms with E-state index < -0.39 is 0 Å². The minimum Gasteiger partial charge on any atom is -0.380 e. The van der Waals surface area contributed by atoms with Crippen LogP contribution < -0.4 is 0 Å². The lowest BCUT2D eigenvalue weighted by atomic mass is 9.98. The SMILES string of the molecule is C/C(=C/n1c2c(c3cc(C)ccc31)CCN(C)C=C2)C1=CC(F)=CCC1. The second-order valence-corrected chi connectivity index (χ2v) is 7.41. The Hall–Kier alpha value is -2.55. The highest BCUT2D eigenvalue weighted by molar-refractivity contribution is 5.91. The van der Waals surface area contributed by atoms with Gasteiger partial charge in [-0.1, -0.05) is 11.6 Å². The van der Waals surface area contributed by atoms with Gasteiger partial charge in [-0.25, -0.2) is 4.39 Å². The van der Waals surface area contributed by atoms with Gasteiger partial charge in [-0.15, -0.1) is 0 Å². The Morgan fingerprint density at radius 1 is 1.23 bits per heavy atom. The van der Waals surface area contributed by atoms with E-state index in [9.17, 15) is 4.39 Å². The number of aromatic nitrogens is 1. The average molecular weight is 348 g/mol. The van der Waals surface area contributed by atoms with Gasteiger partial charge in [0.1, 0.15) is 5.83 Å². The molecule has 0 fully saturated rings. The third kappa shape index (κ3) is 3.03. The molecule has 0 saturated heterocycles. The molecule has 0 spiro atoms. The molecule has 4 rings (SSSR count). The first-order valence-electron chi connectivity index (χ1n) is 9.30. The average Bonchev–Trinajstić information content (AvgIpc) is 2.75. The van der Waals surface area contributed by atoms with Gasteiger partial charge < -0.3 is 9.47 Å². The minimum atomic E-state index is -0.118. The molecule has 0 radical (unpaired) electrons. The second-order valence-electron chi connectivity index (χ2n) is 7.41. The Bertz CT molecular complexity index is 985. The van der Waals surface area contributed by atoms with Crippen molar-refractivity contribution in [3.05, 3.63) is 70.3 Å². The number of halogens is 1. The normalized spacial score (nSPS) is 17.8. The Morgan fingerprint density at radius 2 is 2.08 bits per heavy atom. The molecule has 0 atom stereocenters. The maximum Gasteiger partial charge on any atom is 0.119 e. The third-order valence-corrected chi connectivity index (χ3v) is 5.40. The predicted molar refractivity (Wildman–Crippen MR) is 108 cm³/mol. The van der Waals surface area contributed by atoms with E-state index in [4.69, 9.17) is 0 Å². The molecular formula is C23H25FN2. The number of nitrogens with zero attached hydrogens (tertiary/aromatic N) is 2.